The minimum absolute atomic E-state index is 0. The average molecular weight is 582 g/mol. The van der Waals surface area contributed by atoms with Crippen molar-refractivity contribution in [3.8, 4) is 0 Å². The quantitative estimate of drug-likeness (QED) is 0.255. The van der Waals surface area contributed by atoms with Gasteiger partial charge in [0, 0.05) is 33.0 Å². The Bertz CT molecular complexity index is 646. The predicted octanol–water partition coefficient (Wildman–Crippen LogP) is 8.70. The van der Waals surface area contributed by atoms with Crippen molar-refractivity contribution in [2.75, 3.05) is 13.1 Å². The Morgan fingerprint density at radius 2 is 1.38 bits per heavy atom. The summed E-state index contributed by atoms with van der Waals surface area (Å²) in [4.78, 5) is 0. The Hall–Kier alpha value is -0.769. The molecule has 6 heteroatoms. The van der Waals surface area contributed by atoms with Gasteiger partial charge >= 0.3 is 0 Å². The molecule has 1 saturated heterocycles. The normalized spacial score (nSPS) is 16.6. The number of rotatable bonds is 4. The van der Waals surface area contributed by atoms with Gasteiger partial charge in [-0.1, -0.05) is 58.5 Å². The van der Waals surface area contributed by atoms with Crippen molar-refractivity contribution in [3.05, 3.63) is 107 Å². The summed E-state index contributed by atoms with van der Waals surface area (Å²) in [6, 6.07) is 25.5. The molecule has 1 fully saturated rings. The van der Waals surface area contributed by atoms with Crippen LogP contribution in [0.15, 0.2) is 84.6 Å². The second-order valence-electron chi connectivity index (χ2n) is 10.3. The summed E-state index contributed by atoms with van der Waals surface area (Å²) < 4.78 is 0. The van der Waals surface area contributed by atoms with Gasteiger partial charge in [-0.15, -0.1) is 20.7 Å². The number of piperidine rings is 1. The molecule has 2 aliphatic rings. The van der Waals surface area contributed by atoms with E-state index in [1.54, 1.807) is 0 Å². The zero-order valence-corrected chi connectivity index (χ0v) is 25.8. The first-order chi connectivity index (χ1) is 15.2. The first-order valence-electron chi connectivity index (χ1n) is 11.9. The van der Waals surface area contributed by atoms with E-state index in [4.69, 9.17) is 0 Å². The third-order valence-corrected chi connectivity index (χ3v) is 6.98. The SMILES string of the molecule is C[Si](C)(C)[CH-]C1=CC=CC[N-]1.C[Si](C)(C)[CH-]C1CCCC[N-]1.[Ni].[Ni].c1cc[cH-]c1.c1cc[cH-]c1. The van der Waals surface area contributed by atoms with E-state index >= 15 is 0 Å². The molecule has 2 heterocycles. The number of hydrogen-bond donors (Lipinski definition) is 0. The molecule has 0 N–H and O–H groups in total. The van der Waals surface area contributed by atoms with E-state index in [0.29, 0.717) is 6.04 Å². The van der Waals surface area contributed by atoms with Gasteiger partial charge in [-0.25, -0.2) is 36.4 Å². The van der Waals surface area contributed by atoms with Crippen LogP contribution in [-0.4, -0.2) is 35.3 Å². The first kappa shape index (κ1) is 35.4. The minimum atomic E-state index is -1.07. The maximum Gasteiger partial charge on any atom is 0 e. The molecule has 0 saturated carbocycles. The van der Waals surface area contributed by atoms with Crippen LogP contribution in [0.1, 0.15) is 19.3 Å². The smallest absolute Gasteiger partial charge is 0 e. The molecule has 2 nitrogen and oxygen atoms in total. The van der Waals surface area contributed by atoms with Gasteiger partial charge in [0.25, 0.3) is 0 Å². The van der Waals surface area contributed by atoms with E-state index in [2.05, 4.69) is 80.2 Å². The van der Waals surface area contributed by atoms with Crippen LogP contribution in [0, 0.1) is 12.1 Å². The van der Waals surface area contributed by atoms with E-state index < -0.39 is 16.1 Å². The molecule has 1 unspecified atom stereocenters. The molecule has 0 spiro atoms. The summed E-state index contributed by atoms with van der Waals surface area (Å²) in [5.74, 6) is 0. The van der Waals surface area contributed by atoms with Gasteiger partial charge in [-0.05, 0) is 8.07 Å². The predicted molar refractivity (Wildman–Crippen MR) is 151 cm³/mol. The van der Waals surface area contributed by atoms with Crippen molar-refractivity contribution in [3.63, 3.8) is 0 Å². The van der Waals surface area contributed by atoms with Crippen LogP contribution in [0.5, 0.6) is 0 Å². The van der Waals surface area contributed by atoms with Gasteiger partial charge in [0.15, 0.2) is 0 Å². The van der Waals surface area contributed by atoms with Crippen molar-refractivity contribution in [1.82, 2.24) is 0 Å². The van der Waals surface area contributed by atoms with Gasteiger partial charge in [0.2, 0.25) is 0 Å². The van der Waals surface area contributed by atoms with Crippen molar-refractivity contribution in [2.45, 2.75) is 64.6 Å². The van der Waals surface area contributed by atoms with Gasteiger partial charge in [0.05, 0.1) is 0 Å². The Labute approximate surface area is 233 Å². The maximum absolute atomic E-state index is 4.59. The van der Waals surface area contributed by atoms with Crippen LogP contribution in [0.3, 0.4) is 0 Å². The molecule has 4 rings (SSSR count). The molecule has 2 aromatic rings. The summed E-state index contributed by atoms with van der Waals surface area (Å²) in [5.41, 5.74) is 1.17. The number of hydrogen-bond acceptors (Lipinski definition) is 0. The summed E-state index contributed by atoms with van der Waals surface area (Å²) >= 11 is 0. The van der Waals surface area contributed by atoms with Crippen LogP contribution < -0.4 is 0 Å². The van der Waals surface area contributed by atoms with Gasteiger partial charge < -0.3 is 22.4 Å². The minimum Gasteiger partial charge on any atom is -0.712 e. The van der Waals surface area contributed by atoms with E-state index in [1.807, 2.05) is 60.7 Å². The second-order valence-corrected chi connectivity index (χ2v) is 20.4. The van der Waals surface area contributed by atoms with Crippen LogP contribution in [0.4, 0.5) is 0 Å². The summed E-state index contributed by atoms with van der Waals surface area (Å²) in [7, 11) is -2.03. The Morgan fingerprint density at radius 3 is 1.71 bits per heavy atom. The summed E-state index contributed by atoms with van der Waals surface area (Å²) in [6.07, 6.45) is 10.2. The molecule has 200 valence electrons. The summed E-state index contributed by atoms with van der Waals surface area (Å²) in [6.45, 7) is 16.1. The van der Waals surface area contributed by atoms with E-state index in [0.717, 1.165) is 13.1 Å². The largest absolute Gasteiger partial charge is 0.712 e. The van der Waals surface area contributed by atoms with Crippen LogP contribution in [-0.2, 0) is 33.0 Å². The van der Waals surface area contributed by atoms with E-state index in [9.17, 15) is 0 Å². The fourth-order valence-electron chi connectivity index (χ4n) is 3.14. The number of nitrogens with zero attached hydrogens (tertiary/aromatic N) is 2. The third-order valence-electron chi connectivity index (χ3n) is 4.44. The fourth-order valence-corrected chi connectivity index (χ4v) is 5.65. The number of allylic oxidation sites excluding steroid dienone is 3. The molecular formula is C28H44N2Ni2Si2-6. The summed E-state index contributed by atoms with van der Waals surface area (Å²) in [5, 5.41) is 8.96. The zero-order chi connectivity index (χ0) is 23.7. The molecular weight excluding hydrogens is 538 g/mol. The van der Waals surface area contributed by atoms with E-state index in [-0.39, 0.29) is 33.0 Å². The Kier molecular flexibility index (Phi) is 21.3. The topological polar surface area (TPSA) is 28.2 Å². The standard InChI is InChI=1S/C9H19NSi.C9H15NSi.2C5H5.2Ni/c2*1-11(2,3)8-9-6-4-5-7-10-9;2*1-2-4-5-3-1;;/h8-9H,4-7H2,1-3H3;4-6,8H,7H2,1-3H3;2*1-5H;;/q2*-2;2*-1;;. The molecule has 0 bridgehead atoms. The maximum atomic E-state index is 4.59. The van der Waals surface area contributed by atoms with Crippen LogP contribution in [0.25, 0.3) is 10.6 Å². The fraction of sp³-hybridized carbons (Fsp3) is 0.429. The monoisotopic (exact) mass is 580 g/mol. The van der Waals surface area contributed by atoms with Crippen LogP contribution in [0.2, 0.25) is 39.3 Å². The molecule has 0 radical (unpaired) electrons. The van der Waals surface area contributed by atoms with Gasteiger partial charge in [-0.3, -0.25) is 6.04 Å². The van der Waals surface area contributed by atoms with Crippen molar-refractivity contribution in [2.24, 2.45) is 0 Å². The van der Waals surface area contributed by atoms with Crippen molar-refractivity contribution >= 4 is 16.1 Å². The Balaban J connectivity index is 0. The Morgan fingerprint density at radius 1 is 0.824 bits per heavy atom. The third kappa shape index (κ3) is 23.0. The second kappa shape index (κ2) is 20.4. The molecule has 0 aromatic heterocycles. The van der Waals surface area contributed by atoms with Crippen molar-refractivity contribution < 1.29 is 33.0 Å². The molecule has 2 aromatic carbocycles. The van der Waals surface area contributed by atoms with Crippen molar-refractivity contribution in [1.29, 1.82) is 0 Å². The average Bonchev–Trinajstić information content (AvgIpc) is 3.47. The zero-order valence-electron chi connectivity index (χ0n) is 21.8. The van der Waals surface area contributed by atoms with E-state index in [1.165, 1.54) is 25.0 Å². The molecule has 0 aliphatic carbocycles. The van der Waals surface area contributed by atoms with Gasteiger partial charge in [0.1, 0.15) is 0 Å². The first-order valence-corrected chi connectivity index (χ1v) is 19.1. The van der Waals surface area contributed by atoms with Crippen LogP contribution >= 0.6 is 0 Å². The molecule has 0 amide bonds. The van der Waals surface area contributed by atoms with Gasteiger partial charge in [-0.2, -0.15) is 49.0 Å². The molecule has 2 aliphatic heterocycles. The molecule has 34 heavy (non-hydrogen) atoms. The molecule has 1 atom stereocenters.